The summed E-state index contributed by atoms with van der Waals surface area (Å²) in [6, 6.07) is 16.3. The number of alkyl carbamates (subject to hydrolysis) is 1. The Balaban J connectivity index is 2.47. The summed E-state index contributed by atoms with van der Waals surface area (Å²) in [6.45, 7) is 16.1. The van der Waals surface area contributed by atoms with E-state index < -0.39 is 44.0 Å². The number of benzene rings is 2. The van der Waals surface area contributed by atoms with E-state index in [0.29, 0.717) is 12.0 Å². The van der Waals surface area contributed by atoms with Gasteiger partial charge in [-0.2, -0.15) is 0 Å². The third kappa shape index (κ3) is 10.9. The molecule has 8 nitrogen and oxygen atoms in total. The van der Waals surface area contributed by atoms with E-state index in [1.54, 1.807) is 59.1 Å². The van der Waals surface area contributed by atoms with E-state index in [9.17, 15) is 19.5 Å². The van der Waals surface area contributed by atoms with Crippen molar-refractivity contribution in [2.45, 2.75) is 96.7 Å². The van der Waals surface area contributed by atoms with Gasteiger partial charge >= 0.3 is 12.1 Å². The van der Waals surface area contributed by atoms with Gasteiger partial charge in [0.15, 0.2) is 8.32 Å². The van der Waals surface area contributed by atoms with Crippen LogP contribution in [0.1, 0.15) is 69.4 Å². The Kier molecular flexibility index (Phi) is 12.0. The first-order valence-electron chi connectivity index (χ1n) is 14.5. The lowest BCUT2D eigenvalue weighted by Crippen LogP contribution is -2.54. The zero-order valence-corrected chi connectivity index (χ0v) is 28.0. The van der Waals surface area contributed by atoms with Crippen LogP contribution in [0, 0.1) is 5.92 Å². The molecule has 0 aliphatic heterocycles. The SMILES string of the molecule is CN(C)C(=O)c1ccc(C[C@H](C[C@H](O[Si](C)(C)C(C)(C)C)[C@H](Cc2ccccc2)NC(=O)OC(C)(C)C)C(=O)O)cc1. The standard InChI is InChI=1S/C33H50N2O6Si/c1-32(2,3)40-31(39)34-27(21-23-14-12-11-13-15-23)28(41-42(9,10)33(4,5)6)22-26(30(37)38)20-24-16-18-25(19-17-24)29(36)35(7)8/h11-19,26-28H,20-22H2,1-10H3,(H,34,39)(H,37,38)/t26-,27+,28+/m1/s1. The number of amides is 2. The van der Waals surface area contributed by atoms with Crippen LogP contribution in [0.25, 0.3) is 0 Å². The molecule has 0 saturated carbocycles. The summed E-state index contributed by atoms with van der Waals surface area (Å²) >= 11 is 0. The molecule has 0 saturated heterocycles. The number of rotatable bonds is 12. The lowest BCUT2D eigenvalue weighted by Gasteiger charge is -2.42. The second kappa shape index (κ2) is 14.3. The molecule has 2 aromatic carbocycles. The summed E-state index contributed by atoms with van der Waals surface area (Å²) in [4.78, 5) is 39.5. The van der Waals surface area contributed by atoms with Crippen LogP contribution in [-0.2, 0) is 26.8 Å². The lowest BCUT2D eigenvalue weighted by atomic mass is 9.89. The number of hydrogen-bond donors (Lipinski definition) is 2. The smallest absolute Gasteiger partial charge is 0.407 e. The van der Waals surface area contributed by atoms with E-state index in [-0.39, 0.29) is 23.8 Å². The van der Waals surface area contributed by atoms with Crippen LogP contribution in [0.5, 0.6) is 0 Å². The van der Waals surface area contributed by atoms with Crippen molar-refractivity contribution in [3.05, 3.63) is 71.3 Å². The Morgan fingerprint density at radius 2 is 1.43 bits per heavy atom. The summed E-state index contributed by atoms with van der Waals surface area (Å²) < 4.78 is 12.5. The van der Waals surface area contributed by atoms with E-state index in [2.05, 4.69) is 39.2 Å². The molecule has 0 fully saturated rings. The normalized spacial score (nSPS) is 14.4. The molecule has 0 unspecified atom stereocenters. The fourth-order valence-electron chi connectivity index (χ4n) is 4.33. The van der Waals surface area contributed by atoms with Crippen LogP contribution >= 0.6 is 0 Å². The second-order valence-electron chi connectivity index (χ2n) is 13.7. The zero-order valence-electron chi connectivity index (χ0n) is 27.0. The molecule has 0 radical (unpaired) electrons. The van der Waals surface area contributed by atoms with Gasteiger partial charge in [0, 0.05) is 19.7 Å². The third-order valence-electron chi connectivity index (χ3n) is 7.66. The topological polar surface area (TPSA) is 105 Å². The lowest BCUT2D eigenvalue weighted by molar-refractivity contribution is -0.142. The predicted molar refractivity (Wildman–Crippen MR) is 169 cm³/mol. The monoisotopic (exact) mass is 598 g/mol. The fraction of sp³-hybridized carbons (Fsp3) is 0.545. The van der Waals surface area contributed by atoms with Crippen molar-refractivity contribution in [1.82, 2.24) is 10.2 Å². The number of carbonyl (C=O) groups is 3. The Labute approximate surface area is 252 Å². The highest BCUT2D eigenvalue weighted by Gasteiger charge is 2.42. The number of carboxylic acids is 1. The molecule has 232 valence electrons. The van der Waals surface area contributed by atoms with Gasteiger partial charge < -0.3 is 24.5 Å². The molecule has 2 amide bonds. The summed E-state index contributed by atoms with van der Waals surface area (Å²) in [5, 5.41) is 13.2. The maximum atomic E-state index is 13.0. The predicted octanol–water partition coefficient (Wildman–Crippen LogP) is 6.55. The molecule has 9 heteroatoms. The van der Waals surface area contributed by atoms with Crippen LogP contribution in [0.4, 0.5) is 4.79 Å². The van der Waals surface area contributed by atoms with E-state index in [1.807, 2.05) is 30.3 Å². The van der Waals surface area contributed by atoms with E-state index in [4.69, 9.17) is 9.16 Å². The second-order valence-corrected chi connectivity index (χ2v) is 18.5. The highest BCUT2D eigenvalue weighted by Crippen LogP contribution is 2.39. The molecule has 3 atom stereocenters. The first kappa shape index (κ1) is 35.0. The van der Waals surface area contributed by atoms with Gasteiger partial charge in [-0.25, -0.2) is 4.79 Å². The molecule has 0 bridgehead atoms. The van der Waals surface area contributed by atoms with Crippen LogP contribution in [0.2, 0.25) is 18.1 Å². The van der Waals surface area contributed by atoms with Crippen molar-refractivity contribution in [3.63, 3.8) is 0 Å². The van der Waals surface area contributed by atoms with Crippen molar-refractivity contribution in [2.24, 2.45) is 5.92 Å². The molecule has 2 aromatic rings. The molecule has 2 N–H and O–H groups in total. The largest absolute Gasteiger partial charge is 0.481 e. The first-order chi connectivity index (χ1) is 19.3. The van der Waals surface area contributed by atoms with Crippen molar-refractivity contribution in [2.75, 3.05) is 14.1 Å². The molecule has 0 aliphatic rings. The van der Waals surface area contributed by atoms with Crippen molar-refractivity contribution in [3.8, 4) is 0 Å². The number of hydrogen-bond acceptors (Lipinski definition) is 5. The van der Waals surface area contributed by atoms with E-state index >= 15 is 0 Å². The molecular weight excluding hydrogens is 548 g/mol. The molecule has 0 aliphatic carbocycles. The number of ether oxygens (including phenoxy) is 1. The molecule has 0 spiro atoms. The fourth-order valence-corrected chi connectivity index (χ4v) is 5.70. The third-order valence-corrected chi connectivity index (χ3v) is 12.2. The van der Waals surface area contributed by atoms with Crippen LogP contribution < -0.4 is 5.32 Å². The molecular formula is C33H50N2O6Si. The summed E-state index contributed by atoms with van der Waals surface area (Å²) in [6.07, 6.45) is -0.261. The van der Waals surface area contributed by atoms with Gasteiger partial charge in [-0.05, 0) is 81.4 Å². The first-order valence-corrected chi connectivity index (χ1v) is 17.4. The molecule has 0 heterocycles. The number of nitrogens with one attached hydrogen (secondary N) is 1. The van der Waals surface area contributed by atoms with Crippen molar-refractivity contribution < 1.29 is 28.7 Å². The van der Waals surface area contributed by atoms with Crippen LogP contribution in [0.15, 0.2) is 54.6 Å². The summed E-state index contributed by atoms with van der Waals surface area (Å²) in [5.74, 6) is -1.84. The Morgan fingerprint density at radius 3 is 1.90 bits per heavy atom. The highest BCUT2D eigenvalue weighted by molar-refractivity contribution is 6.74. The van der Waals surface area contributed by atoms with Gasteiger partial charge in [0.05, 0.1) is 18.1 Å². The van der Waals surface area contributed by atoms with Gasteiger partial charge in [0.25, 0.3) is 5.91 Å². The van der Waals surface area contributed by atoms with E-state index in [1.165, 1.54) is 4.90 Å². The average Bonchev–Trinajstić information content (AvgIpc) is 2.86. The van der Waals surface area contributed by atoms with E-state index in [0.717, 1.165) is 11.1 Å². The van der Waals surface area contributed by atoms with Gasteiger partial charge in [0.2, 0.25) is 0 Å². The number of nitrogens with zero attached hydrogens (tertiary/aromatic N) is 1. The number of carboxylic acid groups (broad SMARTS) is 1. The Bertz CT molecular complexity index is 1180. The average molecular weight is 599 g/mol. The minimum atomic E-state index is -2.40. The van der Waals surface area contributed by atoms with Crippen LogP contribution in [-0.4, -0.2) is 68.1 Å². The van der Waals surface area contributed by atoms with Gasteiger partial charge in [-0.1, -0.05) is 63.2 Å². The molecule has 42 heavy (non-hydrogen) atoms. The molecule has 0 aromatic heterocycles. The Morgan fingerprint density at radius 1 is 0.881 bits per heavy atom. The summed E-state index contributed by atoms with van der Waals surface area (Å²) in [7, 11) is 0.984. The number of carbonyl (C=O) groups excluding carboxylic acids is 2. The quantitative estimate of drug-likeness (QED) is 0.269. The minimum absolute atomic E-state index is 0.115. The maximum absolute atomic E-state index is 13.0. The summed E-state index contributed by atoms with van der Waals surface area (Å²) in [5.41, 5.74) is 1.65. The van der Waals surface area contributed by atoms with Crippen LogP contribution in [0.3, 0.4) is 0 Å². The van der Waals surface area contributed by atoms with Crippen molar-refractivity contribution in [1.29, 1.82) is 0 Å². The Hall–Kier alpha value is -3.17. The number of aliphatic carboxylic acids is 1. The highest BCUT2D eigenvalue weighted by atomic mass is 28.4. The van der Waals surface area contributed by atoms with Gasteiger partial charge in [-0.3, -0.25) is 9.59 Å². The minimum Gasteiger partial charge on any atom is -0.481 e. The van der Waals surface area contributed by atoms with Gasteiger partial charge in [0.1, 0.15) is 5.60 Å². The zero-order chi connectivity index (χ0) is 31.9. The van der Waals surface area contributed by atoms with Crippen molar-refractivity contribution >= 4 is 26.3 Å². The van der Waals surface area contributed by atoms with Gasteiger partial charge in [-0.15, -0.1) is 0 Å². The molecule has 2 rings (SSSR count). The maximum Gasteiger partial charge on any atom is 0.407 e.